The topological polar surface area (TPSA) is 63.8 Å². The lowest BCUT2D eigenvalue weighted by molar-refractivity contribution is 0.594. The summed E-state index contributed by atoms with van der Waals surface area (Å²) in [6.07, 6.45) is 1.50. The molecule has 0 spiro atoms. The molecule has 0 aromatic carbocycles. The average molecular weight is 166 g/mol. The first-order valence-corrected chi connectivity index (χ1v) is 3.88. The van der Waals surface area contributed by atoms with Gasteiger partial charge >= 0.3 is 0 Å². The standard InChI is InChI=1S/C8H14N4/c1-5-4-11-7(6(2)12-5)8(9)10-3/h4,8,10H,9H2,1-3H3. The summed E-state index contributed by atoms with van der Waals surface area (Å²) in [5, 5.41) is 2.92. The third-order valence-electron chi connectivity index (χ3n) is 1.71. The van der Waals surface area contributed by atoms with E-state index >= 15 is 0 Å². The predicted octanol–water partition coefficient (Wildman–Crippen LogP) is 0.270. The van der Waals surface area contributed by atoms with Crippen molar-refractivity contribution in [1.82, 2.24) is 15.3 Å². The van der Waals surface area contributed by atoms with Crippen molar-refractivity contribution in [3.8, 4) is 0 Å². The van der Waals surface area contributed by atoms with Gasteiger partial charge in [-0.2, -0.15) is 0 Å². The van der Waals surface area contributed by atoms with E-state index in [0.29, 0.717) is 0 Å². The summed E-state index contributed by atoms with van der Waals surface area (Å²) in [6.45, 7) is 3.82. The largest absolute Gasteiger partial charge is 0.311 e. The lowest BCUT2D eigenvalue weighted by Crippen LogP contribution is -2.27. The van der Waals surface area contributed by atoms with Crippen LogP contribution in [0.3, 0.4) is 0 Å². The summed E-state index contributed by atoms with van der Waals surface area (Å²) >= 11 is 0. The summed E-state index contributed by atoms with van der Waals surface area (Å²) in [7, 11) is 1.80. The van der Waals surface area contributed by atoms with Gasteiger partial charge < -0.3 is 11.1 Å². The molecule has 12 heavy (non-hydrogen) atoms. The molecule has 4 heteroatoms. The number of nitrogens with two attached hydrogens (primary N) is 1. The highest BCUT2D eigenvalue weighted by Crippen LogP contribution is 2.07. The highest BCUT2D eigenvalue weighted by molar-refractivity contribution is 5.14. The molecule has 0 aliphatic rings. The first-order chi connectivity index (χ1) is 5.65. The van der Waals surface area contributed by atoms with Gasteiger partial charge in [0.15, 0.2) is 0 Å². The fourth-order valence-electron chi connectivity index (χ4n) is 1.05. The monoisotopic (exact) mass is 166 g/mol. The number of rotatable bonds is 2. The quantitative estimate of drug-likeness (QED) is 0.619. The molecule has 1 unspecified atom stereocenters. The fraction of sp³-hybridized carbons (Fsp3) is 0.500. The summed E-state index contributed by atoms with van der Waals surface area (Å²) in [6, 6.07) is 0. The van der Waals surface area contributed by atoms with Crippen LogP contribution in [0.4, 0.5) is 0 Å². The van der Waals surface area contributed by atoms with Gasteiger partial charge in [0.1, 0.15) is 6.17 Å². The van der Waals surface area contributed by atoms with Crippen molar-refractivity contribution in [3.63, 3.8) is 0 Å². The van der Waals surface area contributed by atoms with Crippen molar-refractivity contribution in [1.29, 1.82) is 0 Å². The van der Waals surface area contributed by atoms with Crippen LogP contribution in [0.5, 0.6) is 0 Å². The second-order valence-electron chi connectivity index (χ2n) is 2.75. The highest BCUT2D eigenvalue weighted by atomic mass is 15.0. The Morgan fingerprint density at radius 1 is 1.50 bits per heavy atom. The molecule has 0 bridgehead atoms. The maximum Gasteiger partial charge on any atom is 0.100 e. The molecule has 3 N–H and O–H groups in total. The zero-order chi connectivity index (χ0) is 9.14. The van der Waals surface area contributed by atoms with Crippen molar-refractivity contribution in [3.05, 3.63) is 23.3 Å². The Bertz CT molecular complexity index is 272. The summed E-state index contributed by atoms with van der Waals surface area (Å²) < 4.78 is 0. The van der Waals surface area contributed by atoms with Gasteiger partial charge in [0.25, 0.3) is 0 Å². The zero-order valence-corrected chi connectivity index (χ0v) is 7.63. The number of hydrogen-bond acceptors (Lipinski definition) is 4. The average Bonchev–Trinajstić information content (AvgIpc) is 2.03. The van der Waals surface area contributed by atoms with E-state index < -0.39 is 0 Å². The molecule has 0 radical (unpaired) electrons. The Labute approximate surface area is 72.2 Å². The fourth-order valence-corrected chi connectivity index (χ4v) is 1.05. The smallest absolute Gasteiger partial charge is 0.100 e. The molecule has 1 aromatic rings. The molecular formula is C8H14N4. The number of hydrogen-bond donors (Lipinski definition) is 2. The van der Waals surface area contributed by atoms with Crippen LogP contribution in [-0.2, 0) is 0 Å². The predicted molar refractivity (Wildman–Crippen MR) is 47.5 cm³/mol. The molecule has 1 rings (SSSR count). The van der Waals surface area contributed by atoms with Crippen molar-refractivity contribution in [2.45, 2.75) is 20.0 Å². The number of nitrogens with zero attached hydrogens (tertiary/aromatic N) is 2. The van der Waals surface area contributed by atoms with E-state index in [2.05, 4.69) is 15.3 Å². The minimum Gasteiger partial charge on any atom is -0.311 e. The van der Waals surface area contributed by atoms with Crippen LogP contribution in [-0.4, -0.2) is 17.0 Å². The minimum absolute atomic E-state index is 0.224. The third-order valence-corrected chi connectivity index (χ3v) is 1.71. The number of aryl methyl sites for hydroxylation is 2. The third kappa shape index (κ3) is 1.78. The van der Waals surface area contributed by atoms with E-state index in [1.807, 2.05) is 13.8 Å². The Hall–Kier alpha value is -1.00. The second kappa shape index (κ2) is 3.60. The normalized spacial score (nSPS) is 13.0. The maximum atomic E-state index is 5.73. The van der Waals surface area contributed by atoms with Gasteiger partial charge in [-0.15, -0.1) is 0 Å². The Balaban J connectivity index is 3.01. The zero-order valence-electron chi connectivity index (χ0n) is 7.63. The van der Waals surface area contributed by atoms with Gasteiger partial charge in [-0.05, 0) is 20.9 Å². The van der Waals surface area contributed by atoms with Gasteiger partial charge in [-0.25, -0.2) is 0 Å². The van der Waals surface area contributed by atoms with E-state index in [4.69, 9.17) is 5.73 Å². The Morgan fingerprint density at radius 3 is 2.67 bits per heavy atom. The molecule has 0 aliphatic carbocycles. The first-order valence-electron chi connectivity index (χ1n) is 3.88. The molecule has 0 fully saturated rings. The van der Waals surface area contributed by atoms with E-state index in [9.17, 15) is 0 Å². The molecule has 4 nitrogen and oxygen atoms in total. The van der Waals surface area contributed by atoms with Crippen LogP contribution in [0, 0.1) is 13.8 Å². The van der Waals surface area contributed by atoms with Crippen molar-refractivity contribution in [2.75, 3.05) is 7.05 Å². The van der Waals surface area contributed by atoms with Crippen molar-refractivity contribution < 1.29 is 0 Å². The van der Waals surface area contributed by atoms with Crippen LogP contribution >= 0.6 is 0 Å². The number of nitrogens with one attached hydrogen (secondary N) is 1. The van der Waals surface area contributed by atoms with E-state index in [-0.39, 0.29) is 6.17 Å². The van der Waals surface area contributed by atoms with Crippen LogP contribution in [0.1, 0.15) is 23.2 Å². The van der Waals surface area contributed by atoms with E-state index in [0.717, 1.165) is 17.1 Å². The van der Waals surface area contributed by atoms with Crippen LogP contribution in [0.2, 0.25) is 0 Å². The summed E-state index contributed by atoms with van der Waals surface area (Å²) in [5.74, 6) is 0. The molecule has 0 saturated heterocycles. The van der Waals surface area contributed by atoms with Gasteiger partial charge in [0.2, 0.25) is 0 Å². The molecule has 0 aliphatic heterocycles. The molecular weight excluding hydrogens is 152 g/mol. The van der Waals surface area contributed by atoms with Crippen molar-refractivity contribution in [2.24, 2.45) is 5.73 Å². The van der Waals surface area contributed by atoms with Crippen molar-refractivity contribution >= 4 is 0 Å². The molecule has 0 amide bonds. The highest BCUT2D eigenvalue weighted by Gasteiger charge is 2.08. The molecule has 1 heterocycles. The second-order valence-corrected chi connectivity index (χ2v) is 2.75. The lowest BCUT2D eigenvalue weighted by Gasteiger charge is -2.11. The molecule has 1 aromatic heterocycles. The lowest BCUT2D eigenvalue weighted by atomic mass is 10.2. The first kappa shape index (κ1) is 9.09. The SMILES string of the molecule is CNC(N)c1ncc(C)nc1C. The molecule has 0 saturated carbocycles. The summed E-state index contributed by atoms with van der Waals surface area (Å²) in [5.41, 5.74) is 8.34. The van der Waals surface area contributed by atoms with Gasteiger partial charge in [-0.1, -0.05) is 0 Å². The van der Waals surface area contributed by atoms with Gasteiger partial charge in [0.05, 0.1) is 17.1 Å². The molecule has 66 valence electrons. The van der Waals surface area contributed by atoms with Crippen LogP contribution in [0.15, 0.2) is 6.20 Å². The van der Waals surface area contributed by atoms with Gasteiger partial charge in [-0.3, -0.25) is 9.97 Å². The van der Waals surface area contributed by atoms with Gasteiger partial charge in [0, 0.05) is 6.20 Å². The minimum atomic E-state index is -0.224. The van der Waals surface area contributed by atoms with E-state index in [1.165, 1.54) is 0 Å². The van der Waals surface area contributed by atoms with Crippen LogP contribution in [0.25, 0.3) is 0 Å². The number of aromatic nitrogens is 2. The summed E-state index contributed by atoms with van der Waals surface area (Å²) in [4.78, 5) is 8.46. The van der Waals surface area contributed by atoms with E-state index in [1.54, 1.807) is 13.2 Å². The Kier molecular flexibility index (Phi) is 2.73. The maximum absolute atomic E-state index is 5.73. The van der Waals surface area contributed by atoms with Crippen LogP contribution < -0.4 is 11.1 Å². The molecule has 1 atom stereocenters. The Morgan fingerprint density at radius 2 is 2.17 bits per heavy atom.